The van der Waals surface area contributed by atoms with Gasteiger partial charge in [-0.25, -0.2) is 4.79 Å². The maximum atomic E-state index is 12.5. The van der Waals surface area contributed by atoms with Crippen molar-refractivity contribution < 1.29 is 9.59 Å². The van der Waals surface area contributed by atoms with Crippen molar-refractivity contribution >= 4 is 11.9 Å². The minimum Gasteiger partial charge on any atom is -0.315 e. The van der Waals surface area contributed by atoms with Crippen LogP contribution < -0.4 is 0 Å². The third kappa shape index (κ3) is 3.84. The van der Waals surface area contributed by atoms with Gasteiger partial charge in [-0.2, -0.15) is 10.5 Å². The molecule has 2 aliphatic rings. The van der Waals surface area contributed by atoms with Crippen LogP contribution >= 0.6 is 0 Å². The van der Waals surface area contributed by atoms with E-state index >= 15 is 0 Å². The van der Waals surface area contributed by atoms with Crippen LogP contribution in [0.3, 0.4) is 0 Å². The molecule has 0 spiro atoms. The van der Waals surface area contributed by atoms with Crippen molar-refractivity contribution in [1.82, 2.24) is 14.7 Å². The zero-order chi connectivity index (χ0) is 18.5. The smallest absolute Gasteiger partial charge is 0.315 e. The van der Waals surface area contributed by atoms with Crippen molar-refractivity contribution in [2.24, 2.45) is 0 Å². The zero-order valence-electron chi connectivity index (χ0n) is 14.6. The van der Waals surface area contributed by atoms with Gasteiger partial charge in [0.25, 0.3) is 5.91 Å². The lowest BCUT2D eigenvalue weighted by Crippen LogP contribution is -2.35. The summed E-state index contributed by atoms with van der Waals surface area (Å²) in [6, 6.07) is 11.0. The number of carbonyl (C=O) groups excluding carboxylic acids is 2. The SMILES string of the molecule is N#Cc1cccc(CN2C(=O)CN(CCCN3CCC[C@H]3C#N)C2=O)c1. The van der Waals surface area contributed by atoms with E-state index in [1.807, 2.05) is 0 Å². The molecule has 7 heteroatoms. The molecule has 0 N–H and O–H groups in total. The number of rotatable bonds is 6. The Labute approximate surface area is 153 Å². The third-order valence-corrected chi connectivity index (χ3v) is 4.91. The van der Waals surface area contributed by atoms with Crippen LogP contribution in [0.15, 0.2) is 24.3 Å². The normalized spacial score (nSPS) is 20.5. The monoisotopic (exact) mass is 351 g/mol. The van der Waals surface area contributed by atoms with Gasteiger partial charge < -0.3 is 4.90 Å². The Balaban J connectivity index is 1.53. The Kier molecular flexibility index (Phi) is 5.50. The molecule has 3 rings (SSSR count). The van der Waals surface area contributed by atoms with Crippen LogP contribution in [-0.2, 0) is 11.3 Å². The van der Waals surface area contributed by atoms with Gasteiger partial charge in [-0.3, -0.25) is 14.6 Å². The topological polar surface area (TPSA) is 91.4 Å². The van der Waals surface area contributed by atoms with E-state index in [4.69, 9.17) is 10.5 Å². The van der Waals surface area contributed by atoms with Crippen molar-refractivity contribution in [3.63, 3.8) is 0 Å². The van der Waals surface area contributed by atoms with E-state index in [1.54, 1.807) is 29.2 Å². The molecule has 0 aliphatic carbocycles. The van der Waals surface area contributed by atoms with Gasteiger partial charge in [-0.15, -0.1) is 0 Å². The van der Waals surface area contributed by atoms with E-state index < -0.39 is 0 Å². The lowest BCUT2D eigenvalue weighted by molar-refractivity contribution is -0.125. The standard InChI is InChI=1S/C19H21N5O2/c20-11-15-4-1-5-16(10-15)13-24-18(25)14-23(19(24)26)9-3-8-22-7-2-6-17(22)12-21/h1,4-5,10,17H,2-3,6-9,13-14H2/t17-/m0/s1. The average molecular weight is 351 g/mol. The molecule has 1 atom stereocenters. The van der Waals surface area contributed by atoms with Gasteiger partial charge in [-0.1, -0.05) is 12.1 Å². The number of imide groups is 1. The average Bonchev–Trinajstić information content (AvgIpc) is 3.21. The molecule has 0 radical (unpaired) electrons. The van der Waals surface area contributed by atoms with Crippen LogP contribution in [-0.4, -0.2) is 58.9 Å². The third-order valence-electron chi connectivity index (χ3n) is 4.91. The lowest BCUT2D eigenvalue weighted by atomic mass is 10.1. The number of amides is 3. The summed E-state index contributed by atoms with van der Waals surface area (Å²) >= 11 is 0. The van der Waals surface area contributed by atoms with Gasteiger partial charge >= 0.3 is 6.03 Å². The molecule has 2 fully saturated rings. The minimum atomic E-state index is -0.282. The van der Waals surface area contributed by atoms with Crippen molar-refractivity contribution in [3.8, 4) is 12.1 Å². The summed E-state index contributed by atoms with van der Waals surface area (Å²) in [6.07, 6.45) is 2.69. The number of hydrogen-bond acceptors (Lipinski definition) is 5. The largest absolute Gasteiger partial charge is 0.327 e. The molecule has 0 bridgehead atoms. The molecule has 7 nitrogen and oxygen atoms in total. The molecule has 134 valence electrons. The molecule has 26 heavy (non-hydrogen) atoms. The second kappa shape index (κ2) is 7.99. The maximum Gasteiger partial charge on any atom is 0.327 e. The molecule has 0 aromatic heterocycles. The van der Waals surface area contributed by atoms with Crippen molar-refractivity contribution in [2.75, 3.05) is 26.2 Å². The quantitative estimate of drug-likeness (QED) is 0.728. The van der Waals surface area contributed by atoms with Gasteiger partial charge in [0, 0.05) is 13.1 Å². The number of nitrogens with zero attached hydrogens (tertiary/aromatic N) is 5. The fraction of sp³-hybridized carbons (Fsp3) is 0.474. The second-order valence-electron chi connectivity index (χ2n) is 6.67. The van der Waals surface area contributed by atoms with Gasteiger partial charge in [0.05, 0.1) is 30.3 Å². The highest BCUT2D eigenvalue weighted by Gasteiger charge is 2.35. The fourth-order valence-corrected chi connectivity index (χ4v) is 3.55. The van der Waals surface area contributed by atoms with E-state index in [0.29, 0.717) is 12.1 Å². The molecule has 0 saturated carbocycles. The van der Waals surface area contributed by atoms with E-state index in [-0.39, 0.29) is 31.1 Å². The van der Waals surface area contributed by atoms with Gasteiger partial charge in [0.2, 0.25) is 0 Å². The highest BCUT2D eigenvalue weighted by atomic mass is 16.2. The number of likely N-dealkylation sites (tertiary alicyclic amines) is 1. The first kappa shape index (κ1) is 17.9. The van der Waals surface area contributed by atoms with Crippen LogP contribution in [0.4, 0.5) is 4.79 Å². The minimum absolute atomic E-state index is 0.0187. The van der Waals surface area contributed by atoms with Crippen LogP contribution in [0.2, 0.25) is 0 Å². The second-order valence-corrected chi connectivity index (χ2v) is 6.67. The Morgan fingerprint density at radius 3 is 2.81 bits per heavy atom. The number of benzene rings is 1. The van der Waals surface area contributed by atoms with Gasteiger partial charge in [0.15, 0.2) is 0 Å². The summed E-state index contributed by atoms with van der Waals surface area (Å²) in [5, 5.41) is 18.1. The summed E-state index contributed by atoms with van der Waals surface area (Å²) < 4.78 is 0. The van der Waals surface area contributed by atoms with Crippen molar-refractivity contribution in [3.05, 3.63) is 35.4 Å². The molecule has 2 aliphatic heterocycles. The van der Waals surface area contributed by atoms with E-state index in [9.17, 15) is 9.59 Å². The zero-order valence-corrected chi connectivity index (χ0v) is 14.6. The van der Waals surface area contributed by atoms with Gasteiger partial charge in [0.1, 0.15) is 6.54 Å². The van der Waals surface area contributed by atoms with Crippen molar-refractivity contribution in [2.45, 2.75) is 31.8 Å². The number of hydrogen-bond donors (Lipinski definition) is 0. The molecule has 1 aromatic rings. The summed E-state index contributed by atoms with van der Waals surface area (Å²) in [4.78, 5) is 29.7. The van der Waals surface area contributed by atoms with Crippen LogP contribution in [0, 0.1) is 22.7 Å². The highest BCUT2D eigenvalue weighted by Crippen LogP contribution is 2.18. The molecular formula is C19H21N5O2. The fourth-order valence-electron chi connectivity index (χ4n) is 3.55. The number of nitriles is 2. The van der Waals surface area contributed by atoms with Crippen LogP contribution in [0.25, 0.3) is 0 Å². The Hall–Kier alpha value is -2.90. The molecule has 2 saturated heterocycles. The highest BCUT2D eigenvalue weighted by molar-refractivity contribution is 6.01. The van der Waals surface area contributed by atoms with E-state index in [0.717, 1.165) is 37.9 Å². The van der Waals surface area contributed by atoms with Gasteiger partial charge in [-0.05, 0) is 43.5 Å². The number of carbonyl (C=O) groups is 2. The summed E-state index contributed by atoms with van der Waals surface area (Å²) in [5.41, 5.74) is 1.28. The van der Waals surface area contributed by atoms with E-state index in [1.165, 1.54) is 4.90 Å². The number of urea groups is 1. The summed E-state index contributed by atoms with van der Waals surface area (Å²) in [7, 11) is 0. The Bertz CT molecular complexity index is 779. The molecule has 0 unspecified atom stereocenters. The van der Waals surface area contributed by atoms with Crippen molar-refractivity contribution in [1.29, 1.82) is 10.5 Å². The Morgan fingerprint density at radius 2 is 2.04 bits per heavy atom. The molecule has 2 heterocycles. The lowest BCUT2D eigenvalue weighted by Gasteiger charge is -2.21. The van der Waals surface area contributed by atoms with Crippen LogP contribution in [0.5, 0.6) is 0 Å². The van der Waals surface area contributed by atoms with E-state index in [2.05, 4.69) is 17.0 Å². The maximum absolute atomic E-state index is 12.5. The summed E-state index contributed by atoms with van der Waals surface area (Å²) in [5.74, 6) is -0.214. The predicted octanol–water partition coefficient (Wildman–Crippen LogP) is 1.70. The first-order chi connectivity index (χ1) is 12.6. The molecular weight excluding hydrogens is 330 g/mol. The summed E-state index contributed by atoms with van der Waals surface area (Å²) in [6.45, 7) is 2.48. The van der Waals surface area contributed by atoms with Crippen LogP contribution in [0.1, 0.15) is 30.4 Å². The predicted molar refractivity (Wildman–Crippen MR) is 93.5 cm³/mol. The first-order valence-corrected chi connectivity index (χ1v) is 8.84. The first-order valence-electron chi connectivity index (χ1n) is 8.84. The molecule has 1 aromatic carbocycles. The Morgan fingerprint density at radius 1 is 1.19 bits per heavy atom. The molecule has 3 amide bonds.